The van der Waals surface area contributed by atoms with Crippen molar-refractivity contribution >= 4 is 21.8 Å². The summed E-state index contributed by atoms with van der Waals surface area (Å²) in [6.45, 7) is 10.3. The molecule has 0 spiro atoms. The van der Waals surface area contributed by atoms with Gasteiger partial charge in [0.15, 0.2) is 0 Å². The molecule has 0 saturated heterocycles. The Hall–Kier alpha value is -0.0500. The summed E-state index contributed by atoms with van der Waals surface area (Å²) < 4.78 is 0. The van der Waals surface area contributed by atoms with Crippen LogP contribution in [0, 0.1) is 0 Å². The van der Waals surface area contributed by atoms with E-state index >= 15 is 0 Å². The van der Waals surface area contributed by atoms with Gasteiger partial charge in [-0.25, -0.2) is 0 Å². The third kappa shape index (κ3) is 3.60. The van der Waals surface area contributed by atoms with Gasteiger partial charge in [-0.15, -0.1) is 0 Å². The van der Waals surface area contributed by atoms with Gasteiger partial charge in [0.2, 0.25) is 5.91 Å². The molecule has 14 heavy (non-hydrogen) atoms. The monoisotopic (exact) mass is 263 g/mol. The first-order valence-corrected chi connectivity index (χ1v) is 6.33. The Morgan fingerprint density at radius 1 is 1.14 bits per heavy atom. The summed E-state index contributed by atoms with van der Waals surface area (Å²) in [6.07, 6.45) is 2.02. The van der Waals surface area contributed by atoms with Crippen LogP contribution in [0.25, 0.3) is 0 Å². The highest BCUT2D eigenvalue weighted by molar-refractivity contribution is 9.10. The topological polar surface area (TPSA) is 20.3 Å². The summed E-state index contributed by atoms with van der Waals surface area (Å²) in [5.41, 5.74) is 0. The molecule has 0 unspecified atom stereocenters. The van der Waals surface area contributed by atoms with Gasteiger partial charge in [-0.2, -0.15) is 0 Å². The summed E-state index contributed by atoms with van der Waals surface area (Å²) in [6, 6.07) is 0.662. The fourth-order valence-corrected chi connectivity index (χ4v) is 1.70. The maximum atomic E-state index is 11.9. The lowest BCUT2D eigenvalue weighted by molar-refractivity contribution is -0.134. The number of carbonyl (C=O) groups excluding carboxylic acids is 1. The van der Waals surface area contributed by atoms with Crippen LogP contribution in [0.2, 0.25) is 0 Å². The van der Waals surface area contributed by atoms with E-state index in [4.69, 9.17) is 0 Å². The van der Waals surface area contributed by atoms with E-state index in [1.165, 1.54) is 0 Å². The molecule has 0 rings (SSSR count). The van der Waals surface area contributed by atoms with Crippen molar-refractivity contribution < 1.29 is 4.79 Å². The molecule has 0 aliphatic heterocycles. The molecule has 2 nitrogen and oxygen atoms in total. The summed E-state index contributed by atoms with van der Waals surface area (Å²) >= 11 is 3.34. The van der Waals surface area contributed by atoms with Crippen LogP contribution in [0.15, 0.2) is 0 Å². The fourth-order valence-electron chi connectivity index (χ4n) is 1.47. The van der Waals surface area contributed by atoms with E-state index in [9.17, 15) is 4.79 Å². The lowest BCUT2D eigenvalue weighted by atomic mass is 10.1. The normalized spacial score (nSPS) is 17.3. The van der Waals surface area contributed by atoms with E-state index < -0.39 is 0 Å². The van der Waals surface area contributed by atoms with Gasteiger partial charge in [0.25, 0.3) is 0 Å². The third-order valence-corrected chi connectivity index (χ3v) is 3.12. The number of hydrogen-bond acceptors (Lipinski definition) is 1. The molecule has 84 valence electrons. The molecule has 0 N–H and O–H groups in total. The van der Waals surface area contributed by atoms with E-state index in [1.807, 2.05) is 11.8 Å². The molecular formula is C11H22BrNO. The molecule has 0 aromatic carbocycles. The molecule has 1 amide bonds. The van der Waals surface area contributed by atoms with Gasteiger partial charge >= 0.3 is 0 Å². The first-order valence-electron chi connectivity index (χ1n) is 5.41. The Bertz CT molecular complexity index is 172. The summed E-state index contributed by atoms with van der Waals surface area (Å²) in [5.74, 6) is 0.203. The quantitative estimate of drug-likeness (QED) is 0.698. The number of hydrogen-bond donors (Lipinski definition) is 0. The van der Waals surface area contributed by atoms with Gasteiger partial charge in [-0.3, -0.25) is 4.79 Å². The maximum Gasteiger partial charge on any atom is 0.236 e. The highest BCUT2D eigenvalue weighted by atomic mass is 79.9. The summed E-state index contributed by atoms with van der Waals surface area (Å²) in [5, 5.41) is 0. The van der Waals surface area contributed by atoms with Gasteiger partial charge in [0.05, 0.1) is 4.83 Å². The highest BCUT2D eigenvalue weighted by Gasteiger charge is 2.25. The number of alkyl halides is 1. The predicted octanol–water partition coefficient (Wildman–Crippen LogP) is 3.20. The van der Waals surface area contributed by atoms with Gasteiger partial charge in [-0.05, 0) is 33.6 Å². The minimum Gasteiger partial charge on any atom is -0.336 e. The number of nitrogens with zero attached hydrogens (tertiary/aromatic N) is 1. The molecular weight excluding hydrogens is 242 g/mol. The smallest absolute Gasteiger partial charge is 0.236 e. The molecule has 0 aliphatic carbocycles. The van der Waals surface area contributed by atoms with E-state index in [2.05, 4.69) is 43.6 Å². The Morgan fingerprint density at radius 2 is 1.50 bits per heavy atom. The molecule has 0 radical (unpaired) electrons. The van der Waals surface area contributed by atoms with Crippen molar-refractivity contribution in [3.63, 3.8) is 0 Å². The van der Waals surface area contributed by atoms with Crippen LogP contribution in [0.3, 0.4) is 0 Å². The van der Waals surface area contributed by atoms with Crippen LogP contribution in [0.5, 0.6) is 0 Å². The Labute approximate surface area is 96.2 Å². The average molecular weight is 264 g/mol. The van der Waals surface area contributed by atoms with Gasteiger partial charge in [0, 0.05) is 12.1 Å². The Morgan fingerprint density at radius 3 is 1.71 bits per heavy atom. The Kier molecular flexibility index (Phi) is 6.41. The lowest BCUT2D eigenvalue weighted by Crippen LogP contribution is -2.46. The van der Waals surface area contributed by atoms with Crippen molar-refractivity contribution in [3.8, 4) is 0 Å². The van der Waals surface area contributed by atoms with Crippen molar-refractivity contribution in [3.05, 3.63) is 0 Å². The first-order chi connectivity index (χ1) is 6.45. The average Bonchev–Trinajstić information content (AvgIpc) is 2.16. The first kappa shape index (κ1) is 13.9. The zero-order chi connectivity index (χ0) is 11.3. The second-order valence-corrected chi connectivity index (χ2v) is 5.25. The predicted molar refractivity (Wildman–Crippen MR) is 64.7 cm³/mol. The van der Waals surface area contributed by atoms with Crippen LogP contribution in [-0.4, -0.2) is 27.7 Å². The van der Waals surface area contributed by atoms with Crippen molar-refractivity contribution in [1.29, 1.82) is 0 Å². The summed E-state index contributed by atoms with van der Waals surface area (Å²) in [4.78, 5) is 13.8. The summed E-state index contributed by atoms with van der Waals surface area (Å²) in [7, 11) is 0. The highest BCUT2D eigenvalue weighted by Crippen LogP contribution is 2.15. The largest absolute Gasteiger partial charge is 0.336 e. The van der Waals surface area contributed by atoms with E-state index in [-0.39, 0.29) is 10.7 Å². The molecule has 3 heteroatoms. The van der Waals surface area contributed by atoms with Gasteiger partial charge in [0.1, 0.15) is 0 Å². The lowest BCUT2D eigenvalue weighted by Gasteiger charge is -2.34. The molecule has 0 heterocycles. The Balaban J connectivity index is 4.63. The molecule has 3 atom stereocenters. The van der Waals surface area contributed by atoms with E-state index in [0.717, 1.165) is 12.8 Å². The van der Waals surface area contributed by atoms with Crippen LogP contribution in [0.4, 0.5) is 0 Å². The number of carbonyl (C=O) groups is 1. The zero-order valence-corrected chi connectivity index (χ0v) is 11.5. The fraction of sp³-hybridized carbons (Fsp3) is 0.909. The number of halogens is 1. The van der Waals surface area contributed by atoms with Crippen LogP contribution < -0.4 is 0 Å². The van der Waals surface area contributed by atoms with E-state index in [1.54, 1.807) is 0 Å². The van der Waals surface area contributed by atoms with Crippen LogP contribution >= 0.6 is 15.9 Å². The van der Waals surface area contributed by atoms with E-state index in [0.29, 0.717) is 12.1 Å². The van der Waals surface area contributed by atoms with Crippen LogP contribution in [-0.2, 0) is 4.79 Å². The molecule has 0 fully saturated rings. The van der Waals surface area contributed by atoms with Crippen molar-refractivity contribution in [1.82, 2.24) is 4.90 Å². The second-order valence-electron chi connectivity index (χ2n) is 3.88. The van der Waals surface area contributed by atoms with Crippen molar-refractivity contribution in [2.75, 3.05) is 0 Å². The SMILES string of the molecule is CC[C@@H](C)N(C(=O)[C@@H](C)Br)[C@H](C)CC. The standard InChI is InChI=1S/C11H22BrNO/c1-6-8(3)13(9(4)7-2)11(14)10(5)12/h8-10H,6-7H2,1-5H3/t8-,9-,10-/m1/s1. The van der Waals surface area contributed by atoms with Crippen molar-refractivity contribution in [2.24, 2.45) is 0 Å². The zero-order valence-electron chi connectivity index (χ0n) is 9.88. The van der Waals surface area contributed by atoms with Gasteiger partial charge < -0.3 is 4.90 Å². The van der Waals surface area contributed by atoms with Crippen LogP contribution in [0.1, 0.15) is 47.5 Å². The molecule has 0 saturated carbocycles. The minimum atomic E-state index is -0.0782. The minimum absolute atomic E-state index is 0.0782. The maximum absolute atomic E-state index is 11.9. The molecule has 0 bridgehead atoms. The van der Waals surface area contributed by atoms with Crippen molar-refractivity contribution in [2.45, 2.75) is 64.4 Å². The van der Waals surface area contributed by atoms with Gasteiger partial charge in [-0.1, -0.05) is 29.8 Å². The third-order valence-electron chi connectivity index (χ3n) is 2.73. The molecule has 0 aliphatic rings. The number of amides is 1. The molecule has 0 aromatic rings. The number of rotatable bonds is 5. The second kappa shape index (κ2) is 6.44. The molecule has 0 aromatic heterocycles.